The van der Waals surface area contributed by atoms with Crippen molar-refractivity contribution in [1.82, 2.24) is 4.98 Å². The van der Waals surface area contributed by atoms with E-state index in [2.05, 4.69) is 4.98 Å². The average Bonchev–Trinajstić information content (AvgIpc) is 2.99. The van der Waals surface area contributed by atoms with Gasteiger partial charge >= 0.3 is 5.97 Å². The highest BCUT2D eigenvalue weighted by molar-refractivity contribution is 7.99. The molecule has 4 nitrogen and oxygen atoms in total. The highest BCUT2D eigenvalue weighted by atomic mass is 32.2. The first-order valence-corrected chi connectivity index (χ1v) is 7.54. The molecule has 0 radical (unpaired) electrons. The topological polar surface area (TPSA) is 52.3 Å². The Kier molecular flexibility index (Phi) is 4.83. The number of hydrogen-bond donors (Lipinski definition) is 0. The van der Waals surface area contributed by atoms with Gasteiger partial charge in [-0.05, 0) is 18.4 Å². The third kappa shape index (κ3) is 3.61. The van der Waals surface area contributed by atoms with Crippen LogP contribution in [0.25, 0.3) is 10.8 Å². The maximum Gasteiger partial charge on any atom is 0.315 e. The van der Waals surface area contributed by atoms with Crippen LogP contribution in [0.2, 0.25) is 0 Å². The zero-order valence-corrected chi connectivity index (χ0v) is 11.6. The number of thiophene rings is 1. The van der Waals surface area contributed by atoms with Crippen LogP contribution in [-0.4, -0.2) is 23.3 Å². The minimum atomic E-state index is -0.190. The second kappa shape index (κ2) is 6.61. The number of thioether (sulfide) groups is 1. The van der Waals surface area contributed by atoms with Crippen molar-refractivity contribution in [3.8, 4) is 10.8 Å². The molecular formula is C12H13NO3S2. The fourth-order valence-electron chi connectivity index (χ4n) is 1.33. The Bertz CT molecular complexity index is 493. The summed E-state index contributed by atoms with van der Waals surface area (Å²) in [4.78, 5) is 16.5. The molecule has 2 aromatic rings. The van der Waals surface area contributed by atoms with E-state index >= 15 is 0 Å². The van der Waals surface area contributed by atoms with E-state index in [9.17, 15) is 4.79 Å². The van der Waals surface area contributed by atoms with Crippen molar-refractivity contribution in [2.75, 3.05) is 12.4 Å². The Morgan fingerprint density at radius 3 is 3.22 bits per heavy atom. The molecule has 0 atom stereocenters. The number of nitrogens with zero attached hydrogens (tertiary/aromatic N) is 1. The predicted molar refractivity (Wildman–Crippen MR) is 72.6 cm³/mol. The molecule has 18 heavy (non-hydrogen) atoms. The van der Waals surface area contributed by atoms with Gasteiger partial charge in [0.15, 0.2) is 0 Å². The predicted octanol–water partition coefficient (Wildman–Crippen LogP) is 3.20. The van der Waals surface area contributed by atoms with Gasteiger partial charge in [0.05, 0.1) is 22.9 Å². The van der Waals surface area contributed by atoms with Gasteiger partial charge in [0.2, 0.25) is 5.89 Å². The number of carbonyl (C=O) groups is 1. The van der Waals surface area contributed by atoms with Gasteiger partial charge in [-0.15, -0.1) is 23.1 Å². The van der Waals surface area contributed by atoms with E-state index in [-0.39, 0.29) is 5.97 Å². The standard InChI is InChI=1S/C12H13NO3S2/c1-2-15-11(14)8-17-7-9-6-16-12(13-9)10-4-3-5-18-10/h3-6H,2,7-8H2,1H3. The van der Waals surface area contributed by atoms with Gasteiger partial charge < -0.3 is 9.15 Å². The monoisotopic (exact) mass is 283 g/mol. The van der Waals surface area contributed by atoms with Crippen LogP contribution < -0.4 is 0 Å². The van der Waals surface area contributed by atoms with Gasteiger partial charge in [-0.1, -0.05) is 6.07 Å². The number of aromatic nitrogens is 1. The molecule has 0 bridgehead atoms. The normalized spacial score (nSPS) is 10.5. The summed E-state index contributed by atoms with van der Waals surface area (Å²) in [6, 6.07) is 3.92. The van der Waals surface area contributed by atoms with Gasteiger partial charge in [-0.25, -0.2) is 4.98 Å². The van der Waals surface area contributed by atoms with Crippen molar-refractivity contribution in [3.63, 3.8) is 0 Å². The zero-order chi connectivity index (χ0) is 12.8. The van der Waals surface area contributed by atoms with E-state index in [0.29, 0.717) is 24.0 Å². The molecule has 0 amide bonds. The lowest BCUT2D eigenvalue weighted by Crippen LogP contribution is -2.06. The Morgan fingerprint density at radius 1 is 1.61 bits per heavy atom. The molecule has 0 saturated carbocycles. The zero-order valence-electron chi connectivity index (χ0n) is 9.92. The quantitative estimate of drug-likeness (QED) is 0.762. The highest BCUT2D eigenvalue weighted by Crippen LogP contribution is 2.24. The Hall–Kier alpha value is -1.27. The summed E-state index contributed by atoms with van der Waals surface area (Å²) in [5, 5.41) is 1.98. The molecule has 2 aromatic heterocycles. The summed E-state index contributed by atoms with van der Waals surface area (Å²) in [5.41, 5.74) is 0.840. The number of esters is 1. The number of hydrogen-bond acceptors (Lipinski definition) is 6. The van der Waals surface area contributed by atoms with E-state index < -0.39 is 0 Å². The molecule has 0 N–H and O–H groups in total. The third-order valence-electron chi connectivity index (χ3n) is 2.06. The van der Waals surface area contributed by atoms with E-state index in [1.165, 1.54) is 11.8 Å². The largest absolute Gasteiger partial charge is 0.465 e. The van der Waals surface area contributed by atoms with E-state index in [1.807, 2.05) is 17.5 Å². The van der Waals surface area contributed by atoms with Crippen LogP contribution >= 0.6 is 23.1 Å². The van der Waals surface area contributed by atoms with E-state index in [1.54, 1.807) is 24.5 Å². The summed E-state index contributed by atoms with van der Waals surface area (Å²) in [7, 11) is 0. The molecule has 96 valence electrons. The van der Waals surface area contributed by atoms with Crippen LogP contribution in [0.15, 0.2) is 28.2 Å². The number of rotatable bonds is 6. The lowest BCUT2D eigenvalue weighted by Gasteiger charge is -1.99. The summed E-state index contributed by atoms with van der Waals surface area (Å²) in [6.07, 6.45) is 1.63. The molecule has 0 spiro atoms. The van der Waals surface area contributed by atoms with Crippen molar-refractivity contribution in [2.24, 2.45) is 0 Å². The van der Waals surface area contributed by atoms with Crippen molar-refractivity contribution >= 4 is 29.1 Å². The SMILES string of the molecule is CCOC(=O)CSCc1coc(-c2cccs2)n1. The molecule has 2 heterocycles. The second-order valence-electron chi connectivity index (χ2n) is 3.42. The van der Waals surface area contributed by atoms with Crippen molar-refractivity contribution in [3.05, 3.63) is 29.5 Å². The molecule has 6 heteroatoms. The van der Waals surface area contributed by atoms with Gasteiger partial charge in [-0.2, -0.15) is 0 Å². The first-order chi connectivity index (χ1) is 8.79. The Morgan fingerprint density at radius 2 is 2.50 bits per heavy atom. The molecule has 0 aliphatic rings. The van der Waals surface area contributed by atoms with Crippen LogP contribution in [0.1, 0.15) is 12.6 Å². The first kappa shape index (κ1) is 13.2. The molecule has 0 aliphatic heterocycles. The highest BCUT2D eigenvalue weighted by Gasteiger charge is 2.08. The Balaban J connectivity index is 1.82. The van der Waals surface area contributed by atoms with Crippen molar-refractivity contribution in [1.29, 1.82) is 0 Å². The average molecular weight is 283 g/mol. The number of oxazole rings is 1. The smallest absolute Gasteiger partial charge is 0.315 e. The van der Waals surface area contributed by atoms with Crippen LogP contribution in [0.3, 0.4) is 0 Å². The second-order valence-corrected chi connectivity index (χ2v) is 5.35. The van der Waals surface area contributed by atoms with Crippen molar-refractivity contribution < 1.29 is 13.9 Å². The van der Waals surface area contributed by atoms with E-state index in [4.69, 9.17) is 9.15 Å². The summed E-state index contributed by atoms with van der Waals surface area (Å²) in [5.74, 6) is 1.43. The number of ether oxygens (including phenoxy) is 1. The lowest BCUT2D eigenvalue weighted by molar-refractivity contribution is -0.139. The fraction of sp³-hybridized carbons (Fsp3) is 0.333. The lowest BCUT2D eigenvalue weighted by atomic mass is 10.5. The van der Waals surface area contributed by atoms with Crippen molar-refractivity contribution in [2.45, 2.75) is 12.7 Å². The Labute approximate surface area is 113 Å². The maximum absolute atomic E-state index is 11.1. The van der Waals surface area contributed by atoms with Gasteiger partial charge in [0, 0.05) is 5.75 Å². The summed E-state index contributed by atoms with van der Waals surface area (Å²) < 4.78 is 10.2. The van der Waals surface area contributed by atoms with Crippen LogP contribution in [0.4, 0.5) is 0 Å². The molecule has 0 aromatic carbocycles. The van der Waals surface area contributed by atoms with E-state index in [0.717, 1.165) is 10.6 Å². The maximum atomic E-state index is 11.1. The van der Waals surface area contributed by atoms with Crippen LogP contribution in [0, 0.1) is 0 Å². The molecule has 0 unspecified atom stereocenters. The molecule has 0 fully saturated rings. The fourth-order valence-corrected chi connectivity index (χ4v) is 2.68. The summed E-state index contributed by atoms with van der Waals surface area (Å²) in [6.45, 7) is 2.22. The van der Waals surface area contributed by atoms with Crippen LogP contribution in [0.5, 0.6) is 0 Å². The molecule has 0 saturated heterocycles. The molecular weight excluding hydrogens is 270 g/mol. The molecule has 2 rings (SSSR count). The molecule has 0 aliphatic carbocycles. The third-order valence-corrected chi connectivity index (χ3v) is 3.86. The van der Waals surface area contributed by atoms with Crippen LogP contribution in [-0.2, 0) is 15.3 Å². The minimum Gasteiger partial charge on any atom is -0.465 e. The van der Waals surface area contributed by atoms with Gasteiger partial charge in [0.1, 0.15) is 6.26 Å². The van der Waals surface area contributed by atoms with Gasteiger partial charge in [-0.3, -0.25) is 4.79 Å². The first-order valence-electron chi connectivity index (χ1n) is 5.51. The minimum absolute atomic E-state index is 0.190. The summed E-state index contributed by atoms with van der Waals surface area (Å²) >= 11 is 3.06. The van der Waals surface area contributed by atoms with Gasteiger partial charge in [0.25, 0.3) is 0 Å². The number of carbonyl (C=O) groups excluding carboxylic acids is 1.